The van der Waals surface area contributed by atoms with Crippen molar-refractivity contribution in [3.63, 3.8) is 0 Å². The zero-order chi connectivity index (χ0) is 19.2. The highest BCUT2D eigenvalue weighted by molar-refractivity contribution is 7.92. The number of nitrogens with zero attached hydrogens (tertiary/aromatic N) is 1. The van der Waals surface area contributed by atoms with Gasteiger partial charge in [0.1, 0.15) is 18.0 Å². The predicted molar refractivity (Wildman–Crippen MR) is 100 cm³/mol. The first kappa shape index (κ1) is 19.6. The number of carbonyl (C=O) groups is 1. The molecule has 0 fully saturated rings. The van der Waals surface area contributed by atoms with Gasteiger partial charge < -0.3 is 14.8 Å². The number of para-hydroxylation sites is 2. The predicted octanol–water partition coefficient (Wildman–Crippen LogP) is 1.79. The van der Waals surface area contributed by atoms with E-state index in [1.807, 2.05) is 12.1 Å². The van der Waals surface area contributed by atoms with Crippen LogP contribution in [-0.4, -0.2) is 41.3 Å². The fourth-order valence-corrected chi connectivity index (χ4v) is 3.21. The Bertz CT molecular complexity index is 850. The standard InChI is InChI=1S/C18H22N2O5S/c1-24-15-10-8-14(9-11-15)12-19-18(21)13-20(26(3,22)23)16-6-4-5-7-17(16)25-2/h4-11H,12-13H2,1-3H3,(H,19,21). The lowest BCUT2D eigenvalue weighted by molar-refractivity contribution is -0.119. The van der Waals surface area contributed by atoms with Crippen LogP contribution in [0.1, 0.15) is 5.56 Å². The average Bonchev–Trinajstić information content (AvgIpc) is 2.64. The van der Waals surface area contributed by atoms with Crippen LogP contribution >= 0.6 is 0 Å². The van der Waals surface area contributed by atoms with Crippen LogP contribution in [0.5, 0.6) is 11.5 Å². The van der Waals surface area contributed by atoms with E-state index in [0.717, 1.165) is 21.9 Å². The molecule has 2 aromatic carbocycles. The molecule has 2 aromatic rings. The number of carbonyl (C=O) groups excluding carboxylic acids is 1. The molecule has 140 valence electrons. The summed E-state index contributed by atoms with van der Waals surface area (Å²) in [6, 6.07) is 13.9. The summed E-state index contributed by atoms with van der Waals surface area (Å²) >= 11 is 0. The molecule has 0 aliphatic rings. The number of sulfonamides is 1. The van der Waals surface area contributed by atoms with Crippen molar-refractivity contribution >= 4 is 21.6 Å². The van der Waals surface area contributed by atoms with Crippen LogP contribution in [0.2, 0.25) is 0 Å². The highest BCUT2D eigenvalue weighted by atomic mass is 32.2. The Balaban J connectivity index is 2.09. The largest absolute Gasteiger partial charge is 0.497 e. The first-order valence-corrected chi connectivity index (χ1v) is 9.70. The summed E-state index contributed by atoms with van der Waals surface area (Å²) in [5.74, 6) is 0.678. The van der Waals surface area contributed by atoms with E-state index >= 15 is 0 Å². The van der Waals surface area contributed by atoms with Gasteiger partial charge in [-0.2, -0.15) is 0 Å². The van der Waals surface area contributed by atoms with Crippen molar-refractivity contribution in [3.05, 3.63) is 54.1 Å². The zero-order valence-corrected chi connectivity index (χ0v) is 15.7. The SMILES string of the molecule is COc1ccc(CNC(=O)CN(c2ccccc2OC)S(C)(=O)=O)cc1. The summed E-state index contributed by atoms with van der Waals surface area (Å²) in [6.07, 6.45) is 1.05. The van der Waals surface area contributed by atoms with E-state index in [1.165, 1.54) is 7.11 Å². The lowest BCUT2D eigenvalue weighted by Gasteiger charge is -2.23. The number of rotatable bonds is 8. The quantitative estimate of drug-likeness (QED) is 0.757. The topological polar surface area (TPSA) is 84.9 Å². The third-order valence-corrected chi connectivity index (χ3v) is 4.82. The molecule has 0 spiro atoms. The lowest BCUT2D eigenvalue weighted by Crippen LogP contribution is -2.40. The maximum absolute atomic E-state index is 12.3. The molecule has 0 saturated heterocycles. The van der Waals surface area contributed by atoms with Gasteiger partial charge in [-0.05, 0) is 29.8 Å². The van der Waals surface area contributed by atoms with E-state index in [9.17, 15) is 13.2 Å². The molecular weight excluding hydrogens is 356 g/mol. The molecule has 0 atom stereocenters. The molecular formula is C18H22N2O5S. The number of methoxy groups -OCH3 is 2. The van der Waals surface area contributed by atoms with Crippen molar-refractivity contribution < 1.29 is 22.7 Å². The number of hydrogen-bond donors (Lipinski definition) is 1. The number of anilines is 1. The number of ether oxygens (including phenoxy) is 2. The third kappa shape index (κ3) is 5.13. The van der Waals surface area contributed by atoms with Gasteiger partial charge in [0.2, 0.25) is 15.9 Å². The van der Waals surface area contributed by atoms with Gasteiger partial charge >= 0.3 is 0 Å². The van der Waals surface area contributed by atoms with Crippen LogP contribution in [0.3, 0.4) is 0 Å². The number of amides is 1. The second kappa shape index (κ2) is 8.57. The van der Waals surface area contributed by atoms with Gasteiger partial charge in [-0.1, -0.05) is 24.3 Å². The van der Waals surface area contributed by atoms with Gasteiger partial charge in [-0.3, -0.25) is 9.10 Å². The fraction of sp³-hybridized carbons (Fsp3) is 0.278. The highest BCUT2D eigenvalue weighted by Gasteiger charge is 2.23. The van der Waals surface area contributed by atoms with Gasteiger partial charge in [-0.15, -0.1) is 0 Å². The van der Waals surface area contributed by atoms with Crippen molar-refractivity contribution in [2.24, 2.45) is 0 Å². The Morgan fingerprint density at radius 2 is 1.69 bits per heavy atom. The molecule has 0 aliphatic heterocycles. The van der Waals surface area contributed by atoms with E-state index in [1.54, 1.807) is 43.5 Å². The molecule has 0 unspecified atom stereocenters. The van der Waals surface area contributed by atoms with Gasteiger partial charge in [-0.25, -0.2) is 8.42 Å². The van der Waals surface area contributed by atoms with Crippen LogP contribution in [0.4, 0.5) is 5.69 Å². The third-order valence-electron chi connectivity index (χ3n) is 3.69. The van der Waals surface area contributed by atoms with Crippen LogP contribution in [0.15, 0.2) is 48.5 Å². The summed E-state index contributed by atoms with van der Waals surface area (Å²) in [7, 11) is -0.636. The lowest BCUT2D eigenvalue weighted by atomic mass is 10.2. The summed E-state index contributed by atoms with van der Waals surface area (Å²) in [6.45, 7) is -0.0539. The summed E-state index contributed by atoms with van der Waals surface area (Å²) < 4.78 is 35.6. The second-order valence-electron chi connectivity index (χ2n) is 5.57. The monoisotopic (exact) mass is 378 g/mol. The first-order chi connectivity index (χ1) is 12.3. The minimum absolute atomic E-state index is 0.284. The smallest absolute Gasteiger partial charge is 0.241 e. The first-order valence-electron chi connectivity index (χ1n) is 7.85. The van der Waals surface area contributed by atoms with Gasteiger partial charge in [0.05, 0.1) is 26.2 Å². The van der Waals surface area contributed by atoms with E-state index in [0.29, 0.717) is 11.4 Å². The number of benzene rings is 2. The molecule has 8 heteroatoms. The average molecular weight is 378 g/mol. The van der Waals surface area contributed by atoms with Crippen LogP contribution < -0.4 is 19.1 Å². The molecule has 1 N–H and O–H groups in total. The van der Waals surface area contributed by atoms with Crippen LogP contribution in [0, 0.1) is 0 Å². The summed E-state index contributed by atoms with van der Waals surface area (Å²) in [5.41, 5.74) is 1.19. The Morgan fingerprint density at radius 1 is 1.04 bits per heavy atom. The van der Waals surface area contributed by atoms with Gasteiger partial charge in [0, 0.05) is 6.54 Å². The zero-order valence-electron chi connectivity index (χ0n) is 14.9. The summed E-state index contributed by atoms with van der Waals surface area (Å²) in [4.78, 5) is 12.3. The summed E-state index contributed by atoms with van der Waals surface area (Å²) in [5, 5.41) is 2.72. The highest BCUT2D eigenvalue weighted by Crippen LogP contribution is 2.29. The van der Waals surface area contributed by atoms with Crippen molar-refractivity contribution in [1.29, 1.82) is 0 Å². The molecule has 0 heterocycles. The Labute approximate surface area is 153 Å². The maximum atomic E-state index is 12.3. The van der Waals surface area contributed by atoms with Gasteiger partial charge in [0.25, 0.3) is 0 Å². The molecule has 2 rings (SSSR count). The molecule has 26 heavy (non-hydrogen) atoms. The Hall–Kier alpha value is -2.74. The number of hydrogen-bond acceptors (Lipinski definition) is 5. The minimum atomic E-state index is -3.66. The van der Waals surface area contributed by atoms with E-state index in [-0.39, 0.29) is 13.1 Å². The van der Waals surface area contributed by atoms with Crippen LogP contribution in [0.25, 0.3) is 0 Å². The Kier molecular flexibility index (Phi) is 6.46. The normalized spacial score (nSPS) is 10.9. The second-order valence-corrected chi connectivity index (χ2v) is 7.47. The van der Waals surface area contributed by atoms with Crippen molar-refractivity contribution in [3.8, 4) is 11.5 Å². The Morgan fingerprint density at radius 3 is 2.27 bits per heavy atom. The van der Waals surface area contributed by atoms with Crippen LogP contribution in [-0.2, 0) is 21.4 Å². The molecule has 0 saturated carbocycles. The molecule has 0 aliphatic carbocycles. The molecule has 1 amide bonds. The molecule has 7 nitrogen and oxygen atoms in total. The van der Waals surface area contributed by atoms with Gasteiger partial charge in [0.15, 0.2) is 0 Å². The van der Waals surface area contributed by atoms with Crippen molar-refractivity contribution in [2.45, 2.75) is 6.54 Å². The minimum Gasteiger partial charge on any atom is -0.497 e. The van der Waals surface area contributed by atoms with E-state index < -0.39 is 15.9 Å². The van der Waals surface area contributed by atoms with E-state index in [2.05, 4.69) is 5.32 Å². The fourth-order valence-electron chi connectivity index (χ4n) is 2.35. The molecule has 0 radical (unpaired) electrons. The van der Waals surface area contributed by atoms with Crippen molar-refractivity contribution in [1.82, 2.24) is 5.32 Å². The van der Waals surface area contributed by atoms with E-state index in [4.69, 9.17) is 9.47 Å². The van der Waals surface area contributed by atoms with Crippen molar-refractivity contribution in [2.75, 3.05) is 31.3 Å². The maximum Gasteiger partial charge on any atom is 0.241 e. The molecule has 0 bridgehead atoms. The number of nitrogens with one attached hydrogen (secondary N) is 1. The molecule has 0 aromatic heterocycles.